The molecule has 0 N–H and O–H groups in total. The normalized spacial score (nSPS) is 22.1. The minimum atomic E-state index is -0.269. The minimum Gasteiger partial charge on any atom is -0.469 e. The molecule has 2 unspecified atom stereocenters. The van der Waals surface area contributed by atoms with Gasteiger partial charge in [0, 0.05) is 5.92 Å². The molecule has 3 heteroatoms. The van der Waals surface area contributed by atoms with Crippen LogP contribution in [0.1, 0.15) is 43.7 Å². The number of allylic oxidation sites excluding steroid dienone is 1. The number of methoxy groups -OCH3 is 1. The van der Waals surface area contributed by atoms with Crippen molar-refractivity contribution in [1.82, 2.24) is 0 Å². The van der Waals surface area contributed by atoms with E-state index in [4.69, 9.17) is 4.74 Å². The lowest BCUT2D eigenvalue weighted by Crippen LogP contribution is -2.10. The molecular formula is C17H20O3. The molecule has 0 amide bonds. The van der Waals surface area contributed by atoms with Gasteiger partial charge in [0.15, 0.2) is 5.78 Å². The van der Waals surface area contributed by atoms with E-state index in [2.05, 4.69) is 0 Å². The van der Waals surface area contributed by atoms with Crippen molar-refractivity contribution in [2.24, 2.45) is 5.92 Å². The quantitative estimate of drug-likeness (QED) is 0.626. The minimum absolute atomic E-state index is 0.153. The summed E-state index contributed by atoms with van der Waals surface area (Å²) in [4.78, 5) is 23.4. The summed E-state index contributed by atoms with van der Waals surface area (Å²) >= 11 is 0. The fourth-order valence-corrected chi connectivity index (χ4v) is 2.48. The highest BCUT2D eigenvalue weighted by Crippen LogP contribution is 2.28. The number of benzene rings is 1. The first-order valence-electron chi connectivity index (χ1n) is 6.95. The third-order valence-electron chi connectivity index (χ3n) is 3.94. The zero-order valence-corrected chi connectivity index (χ0v) is 12.2. The Morgan fingerprint density at radius 1 is 1.35 bits per heavy atom. The Morgan fingerprint density at radius 2 is 2.00 bits per heavy atom. The molecule has 0 heterocycles. The molecular weight excluding hydrogens is 252 g/mol. The van der Waals surface area contributed by atoms with Gasteiger partial charge in [-0.3, -0.25) is 9.59 Å². The molecule has 0 bridgehead atoms. The summed E-state index contributed by atoms with van der Waals surface area (Å²) in [6.45, 7) is 3.80. The highest BCUT2D eigenvalue weighted by molar-refractivity contribution is 6.02. The molecule has 0 spiro atoms. The Bertz CT molecular complexity index is 540. The monoisotopic (exact) mass is 272 g/mol. The zero-order chi connectivity index (χ0) is 14.7. The third-order valence-corrected chi connectivity index (χ3v) is 3.94. The van der Waals surface area contributed by atoms with E-state index in [1.165, 1.54) is 7.11 Å². The molecule has 2 rings (SSSR count). The number of carbonyl (C=O) groups excluding carboxylic acids is 2. The molecule has 1 fully saturated rings. The first-order chi connectivity index (χ1) is 9.52. The van der Waals surface area contributed by atoms with Crippen LogP contribution in [0.2, 0.25) is 0 Å². The highest BCUT2D eigenvalue weighted by Gasteiger charge is 2.24. The summed E-state index contributed by atoms with van der Waals surface area (Å²) in [6, 6.07) is 7.71. The van der Waals surface area contributed by atoms with Crippen LogP contribution < -0.4 is 0 Å². The smallest absolute Gasteiger partial charge is 0.312 e. The van der Waals surface area contributed by atoms with Crippen LogP contribution >= 0.6 is 0 Å². The van der Waals surface area contributed by atoms with Crippen molar-refractivity contribution in [3.05, 3.63) is 41.0 Å². The Kier molecular flexibility index (Phi) is 4.38. The highest BCUT2D eigenvalue weighted by atomic mass is 16.5. The molecule has 0 saturated heterocycles. The van der Waals surface area contributed by atoms with E-state index in [0.29, 0.717) is 0 Å². The van der Waals surface area contributed by atoms with Crippen LogP contribution in [-0.4, -0.2) is 18.9 Å². The maximum absolute atomic E-state index is 11.9. The Balaban J connectivity index is 2.15. The molecule has 3 nitrogen and oxygen atoms in total. The van der Waals surface area contributed by atoms with Crippen LogP contribution in [0.3, 0.4) is 0 Å². The van der Waals surface area contributed by atoms with Gasteiger partial charge in [0.2, 0.25) is 0 Å². The van der Waals surface area contributed by atoms with E-state index in [1.54, 1.807) is 0 Å². The number of esters is 1. The molecule has 1 aromatic carbocycles. The van der Waals surface area contributed by atoms with E-state index < -0.39 is 0 Å². The number of ketones is 1. The second-order valence-corrected chi connectivity index (χ2v) is 5.39. The molecule has 0 aromatic heterocycles. The summed E-state index contributed by atoms with van der Waals surface area (Å²) in [5.41, 5.74) is 2.83. The van der Waals surface area contributed by atoms with Crippen molar-refractivity contribution in [2.75, 3.05) is 7.11 Å². The summed E-state index contributed by atoms with van der Waals surface area (Å²) in [5.74, 6) is -0.0948. The van der Waals surface area contributed by atoms with Gasteiger partial charge < -0.3 is 4.74 Å². The van der Waals surface area contributed by atoms with Gasteiger partial charge in [0.1, 0.15) is 0 Å². The maximum Gasteiger partial charge on any atom is 0.312 e. The van der Waals surface area contributed by atoms with Crippen molar-refractivity contribution in [2.45, 2.75) is 32.6 Å². The van der Waals surface area contributed by atoms with Gasteiger partial charge in [-0.2, -0.15) is 0 Å². The largest absolute Gasteiger partial charge is 0.469 e. The van der Waals surface area contributed by atoms with Crippen molar-refractivity contribution in [3.63, 3.8) is 0 Å². The van der Waals surface area contributed by atoms with Gasteiger partial charge in [-0.15, -0.1) is 0 Å². The fourth-order valence-electron chi connectivity index (χ4n) is 2.48. The van der Waals surface area contributed by atoms with E-state index in [9.17, 15) is 9.59 Å². The van der Waals surface area contributed by atoms with Crippen LogP contribution in [0.5, 0.6) is 0 Å². The van der Waals surface area contributed by atoms with Crippen LogP contribution in [0.4, 0.5) is 0 Å². The summed E-state index contributed by atoms with van der Waals surface area (Å²) < 4.78 is 4.73. The average molecular weight is 272 g/mol. The van der Waals surface area contributed by atoms with Crippen LogP contribution in [0, 0.1) is 5.92 Å². The van der Waals surface area contributed by atoms with Gasteiger partial charge >= 0.3 is 5.97 Å². The van der Waals surface area contributed by atoms with Crippen molar-refractivity contribution in [3.8, 4) is 0 Å². The molecule has 1 aromatic rings. The van der Waals surface area contributed by atoms with Crippen molar-refractivity contribution in [1.29, 1.82) is 0 Å². The van der Waals surface area contributed by atoms with Crippen molar-refractivity contribution < 1.29 is 14.3 Å². The average Bonchev–Trinajstić information content (AvgIpc) is 2.78. The second-order valence-electron chi connectivity index (χ2n) is 5.39. The number of rotatable bonds is 3. The Labute approximate surface area is 119 Å². The topological polar surface area (TPSA) is 43.4 Å². The van der Waals surface area contributed by atoms with E-state index >= 15 is 0 Å². The Morgan fingerprint density at radius 3 is 2.50 bits per heavy atom. The first-order valence-corrected chi connectivity index (χ1v) is 6.95. The lowest BCUT2D eigenvalue weighted by Gasteiger charge is -2.09. The van der Waals surface area contributed by atoms with Gasteiger partial charge in [0.25, 0.3) is 0 Å². The molecule has 1 saturated carbocycles. The molecule has 1 aliphatic rings. The summed E-state index contributed by atoms with van der Waals surface area (Å²) in [5, 5.41) is 0. The Hall–Kier alpha value is -1.90. The molecule has 0 aliphatic heterocycles. The lowest BCUT2D eigenvalue weighted by molar-refractivity contribution is -0.142. The van der Waals surface area contributed by atoms with Gasteiger partial charge in [-0.05, 0) is 42.5 Å². The SMILES string of the molecule is COC(=O)C(C)c1ccc(/C=C2\CCC(C)C2=O)cc1. The molecule has 2 atom stereocenters. The second kappa shape index (κ2) is 6.04. The standard InChI is InChI=1S/C17H20O3/c1-11-4-7-15(16(11)18)10-13-5-8-14(9-6-13)12(2)17(19)20-3/h5-6,8-12H,4,7H2,1-3H3/b15-10+. The van der Waals surface area contributed by atoms with Gasteiger partial charge in [-0.1, -0.05) is 31.2 Å². The third kappa shape index (κ3) is 2.98. The molecule has 106 valence electrons. The van der Waals surface area contributed by atoms with Crippen LogP contribution in [-0.2, 0) is 14.3 Å². The summed E-state index contributed by atoms with van der Waals surface area (Å²) in [6.07, 6.45) is 3.76. The van der Waals surface area contributed by atoms with E-state index in [0.717, 1.165) is 29.5 Å². The van der Waals surface area contributed by atoms with Crippen LogP contribution in [0.25, 0.3) is 6.08 Å². The number of ether oxygens (including phenoxy) is 1. The number of Topliss-reactive ketones (excluding diaryl/α,β-unsaturated/α-hetero) is 1. The lowest BCUT2D eigenvalue weighted by atomic mass is 9.99. The summed E-state index contributed by atoms with van der Waals surface area (Å²) in [7, 11) is 1.39. The molecule has 1 aliphatic carbocycles. The fraction of sp³-hybridized carbons (Fsp3) is 0.412. The van der Waals surface area contributed by atoms with Gasteiger partial charge in [-0.25, -0.2) is 0 Å². The first kappa shape index (κ1) is 14.5. The predicted molar refractivity (Wildman–Crippen MR) is 78.3 cm³/mol. The molecule has 20 heavy (non-hydrogen) atoms. The maximum atomic E-state index is 11.9. The predicted octanol–water partition coefficient (Wildman–Crippen LogP) is 3.35. The molecule has 0 radical (unpaired) electrons. The number of hydrogen-bond acceptors (Lipinski definition) is 3. The number of hydrogen-bond donors (Lipinski definition) is 0. The number of carbonyl (C=O) groups is 2. The van der Waals surface area contributed by atoms with E-state index in [1.807, 2.05) is 44.2 Å². The van der Waals surface area contributed by atoms with E-state index in [-0.39, 0.29) is 23.6 Å². The van der Waals surface area contributed by atoms with Crippen LogP contribution in [0.15, 0.2) is 29.8 Å². The zero-order valence-electron chi connectivity index (χ0n) is 12.2. The van der Waals surface area contributed by atoms with Crippen molar-refractivity contribution >= 4 is 17.8 Å². The van der Waals surface area contributed by atoms with Gasteiger partial charge in [0.05, 0.1) is 13.0 Å².